The molecule has 1 aromatic carbocycles. The van der Waals surface area contributed by atoms with Crippen LogP contribution in [0.3, 0.4) is 0 Å². The topological polar surface area (TPSA) is 52.7 Å². The van der Waals surface area contributed by atoms with Gasteiger partial charge in [0.05, 0.1) is 0 Å². The Kier molecular flexibility index (Phi) is 5.77. The first-order chi connectivity index (χ1) is 12.4. The summed E-state index contributed by atoms with van der Waals surface area (Å²) in [7, 11) is 4.28. The van der Waals surface area contributed by atoms with E-state index in [1.807, 2.05) is 35.2 Å². The standard InChI is InChI=1S/C21H29N3O2/c1-15(25)22-20(11-16-7-5-4-6-8-16)21(26)24-13-17-9-10-19(23(2)3)12-18(17)14-24/h4-8,11,17-19H,9-10,12-14H2,1-3H3,(H,22,25)/b20-11+. The number of carbonyl (C=O) groups is 2. The second-order valence-corrected chi connectivity index (χ2v) is 7.81. The first-order valence-electron chi connectivity index (χ1n) is 9.44. The fraction of sp³-hybridized carbons (Fsp3) is 0.524. The summed E-state index contributed by atoms with van der Waals surface area (Å²) in [6, 6.07) is 10.3. The average molecular weight is 355 g/mol. The molecule has 2 fully saturated rings. The molecule has 0 radical (unpaired) electrons. The van der Waals surface area contributed by atoms with Crippen molar-refractivity contribution >= 4 is 17.9 Å². The van der Waals surface area contributed by atoms with Crippen LogP contribution in [-0.2, 0) is 9.59 Å². The quantitative estimate of drug-likeness (QED) is 0.844. The van der Waals surface area contributed by atoms with Crippen molar-refractivity contribution in [1.82, 2.24) is 15.1 Å². The van der Waals surface area contributed by atoms with Gasteiger partial charge < -0.3 is 15.1 Å². The zero-order chi connectivity index (χ0) is 18.7. The van der Waals surface area contributed by atoms with Gasteiger partial charge >= 0.3 is 0 Å². The number of nitrogens with zero attached hydrogens (tertiary/aromatic N) is 2. The van der Waals surface area contributed by atoms with E-state index >= 15 is 0 Å². The maximum Gasteiger partial charge on any atom is 0.270 e. The highest BCUT2D eigenvalue weighted by Crippen LogP contribution is 2.37. The van der Waals surface area contributed by atoms with Gasteiger partial charge in [-0.15, -0.1) is 0 Å². The van der Waals surface area contributed by atoms with Gasteiger partial charge in [0.25, 0.3) is 5.91 Å². The molecule has 1 aliphatic heterocycles. The molecule has 1 aliphatic carbocycles. The molecule has 5 heteroatoms. The van der Waals surface area contributed by atoms with Gasteiger partial charge in [-0.25, -0.2) is 0 Å². The van der Waals surface area contributed by atoms with Crippen LogP contribution in [0.4, 0.5) is 0 Å². The minimum atomic E-state index is -0.218. The maximum atomic E-state index is 13.1. The van der Waals surface area contributed by atoms with E-state index in [-0.39, 0.29) is 11.8 Å². The van der Waals surface area contributed by atoms with E-state index in [0.717, 1.165) is 25.1 Å². The van der Waals surface area contributed by atoms with E-state index in [4.69, 9.17) is 0 Å². The zero-order valence-electron chi connectivity index (χ0n) is 15.9. The summed E-state index contributed by atoms with van der Waals surface area (Å²) in [6.07, 6.45) is 5.30. The Balaban J connectivity index is 1.74. The molecule has 5 nitrogen and oxygen atoms in total. The van der Waals surface area contributed by atoms with Gasteiger partial charge in [-0.05, 0) is 56.8 Å². The first kappa shape index (κ1) is 18.6. The largest absolute Gasteiger partial charge is 0.337 e. The Bertz CT molecular complexity index is 684. The molecule has 2 aliphatic rings. The van der Waals surface area contributed by atoms with E-state index in [0.29, 0.717) is 23.6 Å². The molecule has 3 unspecified atom stereocenters. The molecule has 2 amide bonds. The van der Waals surface area contributed by atoms with Crippen LogP contribution in [0.2, 0.25) is 0 Å². The molecule has 3 rings (SSSR count). The molecule has 0 bridgehead atoms. The lowest BCUT2D eigenvalue weighted by Gasteiger charge is -2.34. The Morgan fingerprint density at radius 2 is 1.81 bits per heavy atom. The van der Waals surface area contributed by atoms with Crippen molar-refractivity contribution in [2.24, 2.45) is 11.8 Å². The third-order valence-corrected chi connectivity index (χ3v) is 5.69. The van der Waals surface area contributed by atoms with Crippen LogP contribution in [0.5, 0.6) is 0 Å². The van der Waals surface area contributed by atoms with Gasteiger partial charge in [-0.2, -0.15) is 0 Å². The summed E-state index contributed by atoms with van der Waals surface area (Å²) in [6.45, 7) is 3.03. The van der Waals surface area contributed by atoms with Crippen molar-refractivity contribution in [2.75, 3.05) is 27.2 Å². The second kappa shape index (κ2) is 8.04. The van der Waals surface area contributed by atoms with Gasteiger partial charge in [-0.3, -0.25) is 9.59 Å². The Hall–Kier alpha value is -2.14. The smallest absolute Gasteiger partial charge is 0.270 e. The second-order valence-electron chi connectivity index (χ2n) is 7.81. The normalized spacial score (nSPS) is 25.9. The highest BCUT2D eigenvalue weighted by Gasteiger charge is 2.40. The summed E-state index contributed by atoms with van der Waals surface area (Å²) in [5, 5.41) is 2.74. The Morgan fingerprint density at radius 1 is 1.12 bits per heavy atom. The van der Waals surface area contributed by atoms with E-state index in [1.54, 1.807) is 6.08 Å². The van der Waals surface area contributed by atoms with Gasteiger partial charge in [0.15, 0.2) is 0 Å². The van der Waals surface area contributed by atoms with Crippen LogP contribution in [0.1, 0.15) is 31.7 Å². The molecular formula is C21H29N3O2. The minimum absolute atomic E-state index is 0.0696. The number of rotatable bonds is 4. The summed E-state index contributed by atoms with van der Waals surface area (Å²) < 4.78 is 0. The molecule has 1 saturated carbocycles. The third-order valence-electron chi connectivity index (χ3n) is 5.69. The third kappa shape index (κ3) is 4.33. The van der Waals surface area contributed by atoms with Gasteiger partial charge in [-0.1, -0.05) is 30.3 Å². The summed E-state index contributed by atoms with van der Waals surface area (Å²) in [5.41, 5.74) is 1.28. The van der Waals surface area contributed by atoms with E-state index in [2.05, 4.69) is 24.3 Å². The molecule has 0 aromatic heterocycles. The van der Waals surface area contributed by atoms with Crippen LogP contribution < -0.4 is 5.32 Å². The summed E-state index contributed by atoms with van der Waals surface area (Å²) in [5.74, 6) is 0.866. The highest BCUT2D eigenvalue weighted by molar-refractivity contribution is 6.01. The molecule has 26 heavy (non-hydrogen) atoms. The van der Waals surface area contributed by atoms with Gasteiger partial charge in [0.2, 0.25) is 5.91 Å². The van der Waals surface area contributed by atoms with E-state index in [1.165, 1.54) is 19.8 Å². The summed E-state index contributed by atoms with van der Waals surface area (Å²) >= 11 is 0. The molecule has 1 saturated heterocycles. The SMILES string of the molecule is CC(=O)N/C(=C/c1ccccc1)C(=O)N1CC2CCC(N(C)C)CC2C1. The highest BCUT2D eigenvalue weighted by atomic mass is 16.2. The number of hydrogen-bond donors (Lipinski definition) is 1. The fourth-order valence-electron chi connectivity index (χ4n) is 4.27. The maximum absolute atomic E-state index is 13.1. The molecular weight excluding hydrogens is 326 g/mol. The van der Waals surface area contributed by atoms with Crippen molar-refractivity contribution in [3.63, 3.8) is 0 Å². The summed E-state index contributed by atoms with van der Waals surface area (Å²) in [4.78, 5) is 28.9. The first-order valence-corrected chi connectivity index (χ1v) is 9.44. The lowest BCUT2D eigenvalue weighted by Crippen LogP contribution is -2.37. The monoisotopic (exact) mass is 355 g/mol. The Morgan fingerprint density at radius 3 is 2.46 bits per heavy atom. The van der Waals surface area contributed by atoms with Crippen molar-refractivity contribution in [1.29, 1.82) is 0 Å². The van der Waals surface area contributed by atoms with Crippen LogP contribution in [0, 0.1) is 11.8 Å². The lowest BCUT2D eigenvalue weighted by molar-refractivity contribution is -0.128. The molecule has 1 N–H and O–H groups in total. The minimum Gasteiger partial charge on any atom is -0.337 e. The zero-order valence-corrected chi connectivity index (χ0v) is 15.9. The number of carbonyl (C=O) groups excluding carboxylic acids is 2. The number of benzene rings is 1. The van der Waals surface area contributed by atoms with Crippen molar-refractivity contribution in [3.8, 4) is 0 Å². The van der Waals surface area contributed by atoms with Crippen LogP contribution in [-0.4, -0.2) is 54.8 Å². The lowest BCUT2D eigenvalue weighted by atomic mass is 9.79. The Labute approximate surface area is 156 Å². The molecule has 3 atom stereocenters. The van der Waals surface area contributed by atoms with Crippen molar-refractivity contribution in [2.45, 2.75) is 32.2 Å². The van der Waals surface area contributed by atoms with Gasteiger partial charge in [0.1, 0.15) is 5.70 Å². The molecule has 0 spiro atoms. The molecule has 140 valence electrons. The van der Waals surface area contributed by atoms with Crippen molar-refractivity contribution < 1.29 is 9.59 Å². The van der Waals surface area contributed by atoms with Gasteiger partial charge in [0, 0.05) is 26.1 Å². The van der Waals surface area contributed by atoms with E-state index in [9.17, 15) is 9.59 Å². The van der Waals surface area contributed by atoms with Crippen LogP contribution >= 0.6 is 0 Å². The number of hydrogen-bond acceptors (Lipinski definition) is 3. The van der Waals surface area contributed by atoms with Crippen molar-refractivity contribution in [3.05, 3.63) is 41.6 Å². The average Bonchev–Trinajstić information content (AvgIpc) is 3.04. The van der Waals surface area contributed by atoms with Crippen LogP contribution in [0.15, 0.2) is 36.0 Å². The fourth-order valence-corrected chi connectivity index (χ4v) is 4.27. The van der Waals surface area contributed by atoms with E-state index < -0.39 is 0 Å². The molecule has 1 heterocycles. The number of amides is 2. The predicted octanol–water partition coefficient (Wildman–Crippen LogP) is 2.35. The number of fused-ring (bicyclic) bond motifs is 1. The predicted molar refractivity (Wildman–Crippen MR) is 103 cm³/mol. The molecule has 1 aromatic rings. The number of nitrogens with one attached hydrogen (secondary N) is 1. The van der Waals surface area contributed by atoms with Crippen LogP contribution in [0.25, 0.3) is 6.08 Å². The number of likely N-dealkylation sites (tertiary alicyclic amines) is 1.